The Hall–Kier alpha value is -3.54. The van der Waals surface area contributed by atoms with Crippen molar-refractivity contribution in [2.75, 3.05) is 5.32 Å². The zero-order valence-corrected chi connectivity index (χ0v) is 18.9. The predicted octanol–water partition coefficient (Wildman–Crippen LogP) is 6.44. The summed E-state index contributed by atoms with van der Waals surface area (Å²) in [5.74, 6) is -0.0691. The highest BCUT2D eigenvalue weighted by molar-refractivity contribution is 9.10. The van der Waals surface area contributed by atoms with Crippen molar-refractivity contribution in [1.29, 1.82) is 5.26 Å². The number of hydrogen-bond acceptors (Lipinski definition) is 5. The van der Waals surface area contributed by atoms with E-state index in [2.05, 4.69) is 26.2 Å². The van der Waals surface area contributed by atoms with Crippen molar-refractivity contribution in [3.63, 3.8) is 0 Å². The smallest absolute Gasteiger partial charge is 0.268 e. The molecule has 5 nitrogen and oxygen atoms in total. The van der Waals surface area contributed by atoms with E-state index in [0.717, 1.165) is 14.9 Å². The van der Waals surface area contributed by atoms with Gasteiger partial charge in [0.1, 0.15) is 29.0 Å². The van der Waals surface area contributed by atoms with E-state index in [-0.39, 0.29) is 11.4 Å². The van der Waals surface area contributed by atoms with E-state index in [0.29, 0.717) is 28.6 Å². The maximum absolute atomic E-state index is 13.1. The highest BCUT2D eigenvalue weighted by Gasteiger charge is 2.14. The van der Waals surface area contributed by atoms with Gasteiger partial charge < -0.3 is 4.42 Å². The molecule has 0 aliphatic rings. The number of furan rings is 1. The third kappa shape index (κ3) is 5.38. The Morgan fingerprint density at radius 2 is 1.91 bits per heavy atom. The van der Waals surface area contributed by atoms with Crippen LogP contribution >= 0.6 is 27.3 Å². The lowest BCUT2D eigenvalue weighted by Crippen LogP contribution is -2.13. The average Bonchev–Trinajstić information content (AvgIpc) is 3.43. The van der Waals surface area contributed by atoms with Gasteiger partial charge in [0.25, 0.3) is 5.91 Å². The second-order valence-corrected chi connectivity index (χ2v) is 8.80. The number of nitrogens with one attached hydrogen (secondary N) is 1. The van der Waals surface area contributed by atoms with Gasteiger partial charge in [-0.3, -0.25) is 10.1 Å². The normalized spacial score (nSPS) is 11.2. The lowest BCUT2D eigenvalue weighted by molar-refractivity contribution is -0.112. The molecular formula is C24H15BrFN3O2S. The molecule has 0 saturated heterocycles. The molecule has 1 amide bonds. The fourth-order valence-corrected chi connectivity index (χ4v) is 4.01. The van der Waals surface area contributed by atoms with Crippen molar-refractivity contribution in [3.05, 3.63) is 98.9 Å². The standard InChI is InChI=1S/C24H15BrFN3O2S/c25-18-5-1-15(2-6-18)11-21-14-28-24(32-21)29-23(30)17(13-27)12-20-9-10-22(31-20)16-3-7-19(26)8-4-16/h1-10,12,14H,11H2,(H,28,29,30)/b17-12+. The second kappa shape index (κ2) is 9.73. The number of benzene rings is 2. The lowest BCUT2D eigenvalue weighted by atomic mass is 10.1. The van der Waals surface area contributed by atoms with Crippen LogP contribution in [-0.4, -0.2) is 10.9 Å². The van der Waals surface area contributed by atoms with Crippen molar-refractivity contribution in [2.24, 2.45) is 0 Å². The van der Waals surface area contributed by atoms with E-state index in [9.17, 15) is 14.4 Å². The second-order valence-electron chi connectivity index (χ2n) is 6.77. The fourth-order valence-electron chi connectivity index (χ4n) is 2.91. The number of rotatable bonds is 6. The van der Waals surface area contributed by atoms with E-state index >= 15 is 0 Å². The van der Waals surface area contributed by atoms with Crippen molar-refractivity contribution < 1.29 is 13.6 Å². The van der Waals surface area contributed by atoms with Gasteiger partial charge >= 0.3 is 0 Å². The molecule has 0 spiro atoms. The zero-order valence-electron chi connectivity index (χ0n) is 16.5. The molecule has 2 aromatic carbocycles. The van der Waals surface area contributed by atoms with Gasteiger partial charge in [-0.05, 0) is 54.1 Å². The molecule has 0 unspecified atom stereocenters. The number of halogens is 2. The Morgan fingerprint density at radius 1 is 1.16 bits per heavy atom. The van der Waals surface area contributed by atoms with Crippen LogP contribution in [0.25, 0.3) is 17.4 Å². The first-order chi connectivity index (χ1) is 15.5. The van der Waals surface area contributed by atoms with Crippen molar-refractivity contribution in [1.82, 2.24) is 4.98 Å². The molecule has 0 saturated carbocycles. The van der Waals surface area contributed by atoms with Gasteiger partial charge in [-0.1, -0.05) is 28.1 Å². The first kappa shape index (κ1) is 21.7. The van der Waals surface area contributed by atoms with Gasteiger partial charge in [-0.25, -0.2) is 9.37 Å². The minimum absolute atomic E-state index is 0.116. The van der Waals surface area contributed by atoms with Crippen LogP contribution in [0.4, 0.5) is 9.52 Å². The van der Waals surface area contributed by atoms with Crippen LogP contribution < -0.4 is 5.32 Å². The minimum atomic E-state index is -0.572. The van der Waals surface area contributed by atoms with Gasteiger partial charge in [0.2, 0.25) is 0 Å². The third-order valence-electron chi connectivity index (χ3n) is 4.47. The molecule has 0 bridgehead atoms. The summed E-state index contributed by atoms with van der Waals surface area (Å²) in [6, 6.07) is 19.1. The van der Waals surface area contributed by atoms with Crippen LogP contribution in [-0.2, 0) is 11.2 Å². The van der Waals surface area contributed by atoms with E-state index in [4.69, 9.17) is 4.42 Å². The molecule has 2 aromatic heterocycles. The summed E-state index contributed by atoms with van der Waals surface area (Å²) >= 11 is 4.76. The largest absolute Gasteiger partial charge is 0.457 e. The van der Waals surface area contributed by atoms with Gasteiger partial charge in [0.05, 0.1) is 0 Å². The molecule has 4 aromatic rings. The van der Waals surface area contributed by atoms with E-state index in [1.54, 1.807) is 30.5 Å². The van der Waals surface area contributed by atoms with Crippen LogP contribution in [0, 0.1) is 17.1 Å². The molecule has 0 fully saturated rings. The Bertz CT molecular complexity index is 1320. The summed E-state index contributed by atoms with van der Waals surface area (Å²) in [4.78, 5) is 17.8. The molecule has 1 N–H and O–H groups in total. The topological polar surface area (TPSA) is 78.9 Å². The quantitative estimate of drug-likeness (QED) is 0.240. The molecule has 0 aliphatic heterocycles. The van der Waals surface area contributed by atoms with Gasteiger partial charge in [0.15, 0.2) is 5.13 Å². The molecule has 8 heteroatoms. The summed E-state index contributed by atoms with van der Waals surface area (Å²) < 4.78 is 19.8. The van der Waals surface area contributed by atoms with E-state index < -0.39 is 5.91 Å². The Balaban J connectivity index is 1.44. The molecule has 158 valence electrons. The zero-order chi connectivity index (χ0) is 22.5. The fraction of sp³-hybridized carbons (Fsp3) is 0.0417. The molecular weight excluding hydrogens is 493 g/mol. The van der Waals surface area contributed by atoms with E-state index in [1.165, 1.54) is 29.5 Å². The number of carbonyl (C=O) groups excluding carboxylic acids is 1. The number of carbonyl (C=O) groups is 1. The first-order valence-corrected chi connectivity index (χ1v) is 11.1. The van der Waals surface area contributed by atoms with Crippen LogP contribution in [0.3, 0.4) is 0 Å². The lowest BCUT2D eigenvalue weighted by Gasteiger charge is -2.00. The van der Waals surface area contributed by atoms with Crippen LogP contribution in [0.1, 0.15) is 16.2 Å². The summed E-state index contributed by atoms with van der Waals surface area (Å²) in [7, 11) is 0. The number of nitriles is 1. The molecule has 0 atom stereocenters. The maximum Gasteiger partial charge on any atom is 0.268 e. The molecule has 0 aliphatic carbocycles. The average molecular weight is 508 g/mol. The minimum Gasteiger partial charge on any atom is -0.457 e. The van der Waals surface area contributed by atoms with Gasteiger partial charge in [0, 0.05) is 33.6 Å². The van der Waals surface area contributed by atoms with Crippen molar-refractivity contribution in [2.45, 2.75) is 6.42 Å². The van der Waals surface area contributed by atoms with Crippen molar-refractivity contribution in [3.8, 4) is 17.4 Å². The summed E-state index contributed by atoms with van der Waals surface area (Å²) in [6.45, 7) is 0. The Labute approximate surface area is 196 Å². The third-order valence-corrected chi connectivity index (χ3v) is 5.91. The summed E-state index contributed by atoms with van der Waals surface area (Å²) in [5, 5.41) is 12.5. The SMILES string of the molecule is N#C/C(=C\c1ccc(-c2ccc(F)cc2)o1)C(=O)Nc1ncc(Cc2ccc(Br)cc2)s1. The highest BCUT2D eigenvalue weighted by atomic mass is 79.9. The van der Waals surface area contributed by atoms with Gasteiger partial charge in [-0.2, -0.15) is 5.26 Å². The van der Waals surface area contributed by atoms with E-state index in [1.807, 2.05) is 30.3 Å². The Kier molecular flexibility index (Phi) is 6.59. The summed E-state index contributed by atoms with van der Waals surface area (Å²) in [5.41, 5.74) is 1.70. The highest BCUT2D eigenvalue weighted by Crippen LogP contribution is 2.25. The summed E-state index contributed by atoms with van der Waals surface area (Å²) in [6.07, 6.45) is 3.76. The molecule has 0 radical (unpaired) electrons. The van der Waals surface area contributed by atoms with Crippen molar-refractivity contribution >= 4 is 44.4 Å². The number of anilines is 1. The van der Waals surface area contributed by atoms with Crippen LogP contribution in [0.5, 0.6) is 0 Å². The van der Waals surface area contributed by atoms with Gasteiger partial charge in [-0.15, -0.1) is 11.3 Å². The predicted molar refractivity (Wildman–Crippen MR) is 125 cm³/mol. The molecule has 4 rings (SSSR count). The Morgan fingerprint density at radius 3 is 2.62 bits per heavy atom. The first-order valence-electron chi connectivity index (χ1n) is 9.48. The molecule has 2 heterocycles. The number of nitrogens with zero attached hydrogens (tertiary/aromatic N) is 2. The van der Waals surface area contributed by atoms with Crippen LogP contribution in [0.2, 0.25) is 0 Å². The number of aromatic nitrogens is 1. The monoisotopic (exact) mass is 507 g/mol. The maximum atomic E-state index is 13.1. The number of thiazole rings is 1. The number of amides is 1. The molecule has 32 heavy (non-hydrogen) atoms. The van der Waals surface area contributed by atoms with Crippen LogP contribution in [0.15, 0.2) is 81.3 Å². The number of hydrogen-bond donors (Lipinski definition) is 1.